The summed E-state index contributed by atoms with van der Waals surface area (Å²) in [6.07, 6.45) is 1.74. The first-order chi connectivity index (χ1) is 8.61. The highest BCUT2D eigenvalue weighted by molar-refractivity contribution is 9.11. The van der Waals surface area contributed by atoms with Crippen LogP contribution in [0.5, 0.6) is 0 Å². The quantitative estimate of drug-likeness (QED) is 0.760. The second kappa shape index (κ2) is 5.80. The molecule has 2 aromatic rings. The second-order valence-corrected chi connectivity index (χ2v) is 5.45. The van der Waals surface area contributed by atoms with Crippen LogP contribution < -0.4 is 4.90 Å². The van der Waals surface area contributed by atoms with Crippen LogP contribution >= 0.6 is 31.9 Å². The van der Waals surface area contributed by atoms with E-state index < -0.39 is 0 Å². The Hall–Kier alpha value is -0.940. The Morgan fingerprint density at radius 3 is 2.44 bits per heavy atom. The van der Waals surface area contributed by atoms with Crippen molar-refractivity contribution in [2.75, 3.05) is 11.4 Å². The van der Waals surface area contributed by atoms with Gasteiger partial charge in [0.05, 0.1) is 4.47 Å². The summed E-state index contributed by atoms with van der Waals surface area (Å²) in [4.78, 5) is 6.40. The largest absolute Gasteiger partial charge is 0.326 e. The first-order valence-corrected chi connectivity index (χ1v) is 7.04. The Balaban J connectivity index is 2.41. The molecule has 0 spiro atoms. The van der Waals surface area contributed by atoms with Gasteiger partial charge < -0.3 is 4.90 Å². The van der Waals surface area contributed by atoms with Gasteiger partial charge in [0, 0.05) is 22.9 Å². The molecule has 0 N–H and O–H groups in total. The van der Waals surface area contributed by atoms with Gasteiger partial charge in [0.2, 0.25) is 0 Å². The van der Waals surface area contributed by atoms with E-state index in [2.05, 4.69) is 36.8 Å². The van der Waals surface area contributed by atoms with Gasteiger partial charge in [-0.1, -0.05) is 0 Å². The monoisotopic (exact) mass is 372 g/mol. The summed E-state index contributed by atoms with van der Waals surface area (Å²) in [6.45, 7) is 2.78. The molecule has 0 saturated heterocycles. The number of pyridine rings is 1. The average molecular weight is 374 g/mol. The van der Waals surface area contributed by atoms with Crippen molar-refractivity contribution in [2.24, 2.45) is 0 Å². The van der Waals surface area contributed by atoms with Crippen LogP contribution in [0.1, 0.15) is 6.92 Å². The zero-order valence-electron chi connectivity index (χ0n) is 9.70. The Morgan fingerprint density at radius 2 is 1.89 bits per heavy atom. The fourth-order valence-corrected chi connectivity index (χ4v) is 2.88. The van der Waals surface area contributed by atoms with Gasteiger partial charge in [-0.3, -0.25) is 0 Å². The van der Waals surface area contributed by atoms with Crippen molar-refractivity contribution in [3.63, 3.8) is 0 Å². The van der Waals surface area contributed by atoms with E-state index in [4.69, 9.17) is 0 Å². The minimum atomic E-state index is -0.238. The van der Waals surface area contributed by atoms with Gasteiger partial charge in [0.1, 0.15) is 11.6 Å². The molecule has 0 aliphatic rings. The van der Waals surface area contributed by atoms with Crippen molar-refractivity contribution in [3.05, 3.63) is 51.3 Å². The summed E-state index contributed by atoms with van der Waals surface area (Å²) in [5.74, 6) is 0.574. The van der Waals surface area contributed by atoms with Crippen LogP contribution in [0.2, 0.25) is 0 Å². The molecule has 1 aromatic heterocycles. The normalized spacial score (nSPS) is 10.4. The third kappa shape index (κ3) is 2.90. The molecule has 1 heterocycles. The highest BCUT2D eigenvalue weighted by atomic mass is 79.9. The second-order valence-electron chi connectivity index (χ2n) is 3.68. The topological polar surface area (TPSA) is 16.1 Å². The number of benzene rings is 1. The smallest absolute Gasteiger partial charge is 0.147 e. The van der Waals surface area contributed by atoms with E-state index in [0.717, 1.165) is 27.0 Å². The predicted molar refractivity (Wildman–Crippen MR) is 78.7 cm³/mol. The molecule has 94 valence electrons. The van der Waals surface area contributed by atoms with Gasteiger partial charge in [-0.2, -0.15) is 0 Å². The molecule has 0 radical (unpaired) electrons. The summed E-state index contributed by atoms with van der Waals surface area (Å²) in [6, 6.07) is 8.33. The first kappa shape index (κ1) is 13.5. The highest BCUT2D eigenvalue weighted by Crippen LogP contribution is 2.31. The lowest BCUT2D eigenvalue weighted by atomic mass is 10.2. The van der Waals surface area contributed by atoms with Gasteiger partial charge in [0.25, 0.3) is 0 Å². The van der Waals surface area contributed by atoms with Crippen molar-refractivity contribution in [2.45, 2.75) is 6.92 Å². The van der Waals surface area contributed by atoms with E-state index in [1.807, 2.05) is 17.9 Å². The summed E-state index contributed by atoms with van der Waals surface area (Å²) in [5.41, 5.74) is 0.912. The Kier molecular flexibility index (Phi) is 4.35. The highest BCUT2D eigenvalue weighted by Gasteiger charge is 2.12. The standard InChI is InChI=1S/C13H11Br2FN2/c1-2-18(11-5-3-10(16)4-6-11)13-12(15)7-9(14)8-17-13/h3-8H,2H2,1H3. The molecular weight excluding hydrogens is 363 g/mol. The van der Waals surface area contributed by atoms with E-state index in [1.165, 1.54) is 12.1 Å². The fraction of sp³-hybridized carbons (Fsp3) is 0.154. The van der Waals surface area contributed by atoms with Gasteiger partial charge in [-0.05, 0) is 69.1 Å². The van der Waals surface area contributed by atoms with E-state index in [1.54, 1.807) is 18.3 Å². The van der Waals surface area contributed by atoms with Crippen LogP contribution in [-0.2, 0) is 0 Å². The van der Waals surface area contributed by atoms with Crippen LogP contribution in [-0.4, -0.2) is 11.5 Å². The molecule has 5 heteroatoms. The van der Waals surface area contributed by atoms with Gasteiger partial charge in [-0.25, -0.2) is 9.37 Å². The maximum atomic E-state index is 12.9. The van der Waals surface area contributed by atoms with Crippen molar-refractivity contribution in [3.8, 4) is 0 Å². The molecule has 1 aromatic carbocycles. The maximum Gasteiger partial charge on any atom is 0.147 e. The SMILES string of the molecule is CCN(c1ccc(F)cc1)c1ncc(Br)cc1Br. The minimum Gasteiger partial charge on any atom is -0.326 e. The van der Waals surface area contributed by atoms with Crippen LogP contribution in [0, 0.1) is 5.82 Å². The van der Waals surface area contributed by atoms with Crippen LogP contribution in [0.25, 0.3) is 0 Å². The Bertz CT molecular complexity index is 543. The number of hydrogen-bond donors (Lipinski definition) is 0. The number of halogens is 3. The van der Waals surface area contributed by atoms with Crippen LogP contribution in [0.3, 0.4) is 0 Å². The molecule has 0 atom stereocenters. The lowest BCUT2D eigenvalue weighted by Gasteiger charge is -2.23. The Morgan fingerprint density at radius 1 is 1.22 bits per heavy atom. The molecule has 2 rings (SSSR count). The predicted octanol–water partition coefficient (Wildman–Crippen LogP) is 4.90. The van der Waals surface area contributed by atoms with Crippen LogP contribution in [0.4, 0.5) is 15.9 Å². The third-order valence-corrected chi connectivity index (χ3v) is 3.52. The molecule has 0 saturated carbocycles. The third-order valence-electron chi connectivity index (χ3n) is 2.50. The van der Waals surface area contributed by atoms with E-state index in [-0.39, 0.29) is 5.82 Å². The zero-order valence-corrected chi connectivity index (χ0v) is 12.9. The number of aromatic nitrogens is 1. The molecule has 0 bridgehead atoms. The van der Waals surface area contributed by atoms with Crippen molar-refractivity contribution < 1.29 is 4.39 Å². The molecule has 0 amide bonds. The summed E-state index contributed by atoms with van der Waals surface area (Å²) >= 11 is 6.86. The zero-order chi connectivity index (χ0) is 13.1. The van der Waals surface area contributed by atoms with Crippen LogP contribution in [0.15, 0.2) is 45.5 Å². The first-order valence-electron chi connectivity index (χ1n) is 5.46. The molecule has 0 aliphatic heterocycles. The molecule has 0 aliphatic carbocycles. The van der Waals surface area contributed by atoms with Gasteiger partial charge in [-0.15, -0.1) is 0 Å². The van der Waals surface area contributed by atoms with Crippen molar-refractivity contribution >= 4 is 43.4 Å². The number of rotatable bonds is 3. The van der Waals surface area contributed by atoms with Gasteiger partial charge in [0.15, 0.2) is 0 Å². The summed E-state index contributed by atoms with van der Waals surface area (Å²) < 4.78 is 14.7. The lowest BCUT2D eigenvalue weighted by molar-refractivity contribution is 0.628. The molecule has 0 unspecified atom stereocenters. The van der Waals surface area contributed by atoms with Crippen molar-refractivity contribution in [1.29, 1.82) is 0 Å². The van der Waals surface area contributed by atoms with E-state index in [0.29, 0.717) is 0 Å². The van der Waals surface area contributed by atoms with Gasteiger partial charge >= 0.3 is 0 Å². The number of anilines is 2. The molecular formula is C13H11Br2FN2. The Labute approximate surface area is 122 Å². The summed E-state index contributed by atoms with van der Waals surface area (Å²) in [7, 11) is 0. The average Bonchev–Trinajstić information content (AvgIpc) is 2.35. The summed E-state index contributed by atoms with van der Waals surface area (Å²) in [5, 5.41) is 0. The molecule has 18 heavy (non-hydrogen) atoms. The molecule has 0 fully saturated rings. The van der Waals surface area contributed by atoms with E-state index >= 15 is 0 Å². The maximum absolute atomic E-state index is 12.9. The molecule has 2 nitrogen and oxygen atoms in total. The van der Waals surface area contributed by atoms with E-state index in [9.17, 15) is 4.39 Å². The number of nitrogens with zero attached hydrogens (tertiary/aromatic N) is 2. The fourth-order valence-electron chi connectivity index (χ4n) is 1.68. The number of hydrogen-bond acceptors (Lipinski definition) is 2. The minimum absolute atomic E-state index is 0.238. The lowest BCUT2D eigenvalue weighted by Crippen LogP contribution is -2.17. The van der Waals surface area contributed by atoms with Crippen molar-refractivity contribution in [1.82, 2.24) is 4.98 Å².